The van der Waals surface area contributed by atoms with Crippen molar-refractivity contribution in [1.29, 1.82) is 0 Å². The van der Waals surface area contributed by atoms with Crippen LogP contribution in [0.4, 0.5) is 0 Å². The van der Waals surface area contributed by atoms with E-state index in [0.29, 0.717) is 13.2 Å². The Kier molecular flexibility index (Phi) is 15.3. The van der Waals surface area contributed by atoms with Gasteiger partial charge in [-0.2, -0.15) is 0 Å². The SMILES string of the molecule is CCCCCCCCCCCCCCOC(C[NH+]1CCCCC1)CS(=O)(=O)[O-]. The zero-order valence-electron chi connectivity index (χ0n) is 18.3. The van der Waals surface area contributed by atoms with E-state index in [2.05, 4.69) is 6.92 Å². The molecule has 168 valence electrons. The molecule has 1 rings (SSSR count). The quantitative estimate of drug-likeness (QED) is 0.272. The molecule has 0 aromatic carbocycles. The molecule has 0 spiro atoms. The summed E-state index contributed by atoms with van der Waals surface area (Å²) in [4.78, 5) is 1.38. The zero-order valence-corrected chi connectivity index (χ0v) is 19.1. The van der Waals surface area contributed by atoms with Gasteiger partial charge < -0.3 is 14.2 Å². The number of ether oxygens (including phenoxy) is 1. The molecule has 6 heteroatoms. The topological polar surface area (TPSA) is 70.9 Å². The second-order valence-corrected chi connectivity index (χ2v) is 10.1. The first-order valence-corrected chi connectivity index (χ1v) is 13.5. The molecule has 0 radical (unpaired) electrons. The van der Waals surface area contributed by atoms with Crippen LogP contribution in [0.5, 0.6) is 0 Å². The third-order valence-electron chi connectivity index (χ3n) is 5.82. The highest BCUT2D eigenvalue weighted by Crippen LogP contribution is 2.12. The fraction of sp³-hybridized carbons (Fsp3) is 1.00. The molecule has 28 heavy (non-hydrogen) atoms. The molecule has 1 unspecified atom stereocenters. The lowest BCUT2D eigenvalue weighted by molar-refractivity contribution is -0.907. The molecular weight excluding hydrogens is 374 g/mol. The molecule has 1 N–H and O–H groups in total. The van der Waals surface area contributed by atoms with Crippen LogP contribution in [0.25, 0.3) is 0 Å². The molecule has 0 aromatic rings. The molecule has 1 heterocycles. The Morgan fingerprint density at radius 1 is 0.821 bits per heavy atom. The van der Waals surface area contributed by atoms with Crippen LogP contribution < -0.4 is 4.90 Å². The lowest BCUT2D eigenvalue weighted by Crippen LogP contribution is -3.14. The first-order chi connectivity index (χ1) is 13.5. The van der Waals surface area contributed by atoms with E-state index >= 15 is 0 Å². The molecule has 1 fully saturated rings. The first kappa shape index (κ1) is 25.9. The number of piperidine rings is 1. The summed E-state index contributed by atoms with van der Waals surface area (Å²) in [5, 5.41) is 0. The standard InChI is InChI=1S/C22H45NO4S/c1-2-3-4-5-6-7-8-9-10-11-12-16-19-27-22(21-28(24,25)26)20-23-17-14-13-15-18-23/h22H,2-21H2,1H3,(H,24,25,26). The van der Waals surface area contributed by atoms with Gasteiger partial charge in [0.1, 0.15) is 12.6 Å². The second kappa shape index (κ2) is 16.6. The Labute approximate surface area is 174 Å². The minimum absolute atomic E-state index is 0.380. The first-order valence-electron chi connectivity index (χ1n) is 11.9. The highest BCUT2D eigenvalue weighted by molar-refractivity contribution is 7.85. The van der Waals surface area contributed by atoms with Gasteiger partial charge in [-0.3, -0.25) is 0 Å². The Hall–Kier alpha value is -0.170. The second-order valence-electron chi connectivity index (χ2n) is 8.62. The highest BCUT2D eigenvalue weighted by atomic mass is 32.2. The van der Waals surface area contributed by atoms with Crippen molar-refractivity contribution < 1.29 is 22.6 Å². The van der Waals surface area contributed by atoms with Crippen molar-refractivity contribution in [3.63, 3.8) is 0 Å². The normalized spacial score (nSPS) is 17.1. The Morgan fingerprint density at radius 3 is 1.82 bits per heavy atom. The number of hydrogen-bond donors (Lipinski definition) is 1. The minimum atomic E-state index is -4.23. The van der Waals surface area contributed by atoms with Crippen molar-refractivity contribution in [2.45, 2.75) is 109 Å². The van der Waals surface area contributed by atoms with Crippen LogP contribution in [0.1, 0.15) is 103 Å². The molecule has 5 nitrogen and oxygen atoms in total. The highest BCUT2D eigenvalue weighted by Gasteiger charge is 2.22. The largest absolute Gasteiger partial charge is 0.748 e. The van der Waals surface area contributed by atoms with Crippen LogP contribution in [0.15, 0.2) is 0 Å². The molecule has 1 atom stereocenters. The minimum Gasteiger partial charge on any atom is -0.748 e. The molecule has 1 aliphatic rings. The van der Waals surface area contributed by atoms with Gasteiger partial charge in [0.15, 0.2) is 0 Å². The van der Waals surface area contributed by atoms with Gasteiger partial charge in [0.2, 0.25) is 0 Å². The molecule has 0 aliphatic carbocycles. The van der Waals surface area contributed by atoms with E-state index in [0.717, 1.165) is 25.9 Å². The molecule has 0 aromatic heterocycles. The predicted octanol–water partition coefficient (Wildman–Crippen LogP) is 3.69. The predicted molar refractivity (Wildman–Crippen MR) is 115 cm³/mol. The van der Waals surface area contributed by atoms with Gasteiger partial charge in [0.25, 0.3) is 0 Å². The maximum atomic E-state index is 11.2. The van der Waals surface area contributed by atoms with Crippen molar-refractivity contribution in [1.82, 2.24) is 0 Å². The van der Waals surface area contributed by atoms with E-state index in [-0.39, 0.29) is 5.75 Å². The van der Waals surface area contributed by atoms with E-state index in [4.69, 9.17) is 4.74 Å². The van der Waals surface area contributed by atoms with E-state index in [1.165, 1.54) is 88.4 Å². The summed E-state index contributed by atoms with van der Waals surface area (Å²) in [6.45, 7) is 5.62. The van der Waals surface area contributed by atoms with Gasteiger partial charge in [-0.05, 0) is 25.7 Å². The summed E-state index contributed by atoms with van der Waals surface area (Å²) in [5.41, 5.74) is 0. The molecule has 0 saturated carbocycles. The van der Waals surface area contributed by atoms with Crippen molar-refractivity contribution in [2.24, 2.45) is 0 Å². The fourth-order valence-corrected chi connectivity index (χ4v) is 4.83. The van der Waals surface area contributed by atoms with Crippen molar-refractivity contribution in [2.75, 3.05) is 32.0 Å². The smallest absolute Gasteiger partial charge is 0.119 e. The van der Waals surface area contributed by atoms with Gasteiger partial charge in [0, 0.05) is 6.61 Å². The number of rotatable bonds is 18. The van der Waals surface area contributed by atoms with Crippen LogP contribution in [0, 0.1) is 0 Å². The number of quaternary nitrogens is 1. The molecule has 0 amide bonds. The fourth-order valence-electron chi connectivity index (χ4n) is 4.16. The summed E-state index contributed by atoms with van der Waals surface area (Å²) < 4.78 is 39.3. The van der Waals surface area contributed by atoms with Crippen LogP contribution in [0.2, 0.25) is 0 Å². The van der Waals surface area contributed by atoms with Gasteiger partial charge in [-0.25, -0.2) is 8.42 Å². The number of unbranched alkanes of at least 4 members (excludes halogenated alkanes) is 11. The van der Waals surface area contributed by atoms with Gasteiger partial charge in [0.05, 0.1) is 29.0 Å². The molecule has 0 bridgehead atoms. The van der Waals surface area contributed by atoms with Crippen molar-refractivity contribution in [3.8, 4) is 0 Å². The lowest BCUT2D eigenvalue weighted by Gasteiger charge is -2.28. The summed E-state index contributed by atoms with van der Waals surface area (Å²) in [6, 6.07) is 0. The Bertz CT molecular complexity index is 449. The van der Waals surface area contributed by atoms with Crippen LogP contribution in [-0.4, -0.2) is 51.1 Å². The lowest BCUT2D eigenvalue weighted by atomic mass is 10.1. The monoisotopic (exact) mass is 419 g/mol. The van der Waals surface area contributed by atoms with E-state index < -0.39 is 16.2 Å². The summed E-state index contributed by atoms with van der Waals surface area (Å²) in [7, 11) is -4.23. The third kappa shape index (κ3) is 15.7. The molecular formula is C22H45NO4S. The van der Waals surface area contributed by atoms with Crippen LogP contribution in [0.3, 0.4) is 0 Å². The van der Waals surface area contributed by atoms with Crippen LogP contribution in [-0.2, 0) is 14.9 Å². The average Bonchev–Trinajstić information content (AvgIpc) is 2.65. The summed E-state index contributed by atoms with van der Waals surface area (Å²) in [5.74, 6) is -0.380. The molecule has 1 saturated heterocycles. The number of hydrogen-bond acceptors (Lipinski definition) is 4. The summed E-state index contributed by atoms with van der Waals surface area (Å²) in [6.07, 6.45) is 18.7. The van der Waals surface area contributed by atoms with Crippen molar-refractivity contribution in [3.05, 3.63) is 0 Å². The van der Waals surface area contributed by atoms with E-state index in [9.17, 15) is 13.0 Å². The van der Waals surface area contributed by atoms with Gasteiger partial charge in [-0.1, -0.05) is 77.6 Å². The summed E-state index contributed by atoms with van der Waals surface area (Å²) >= 11 is 0. The average molecular weight is 420 g/mol. The maximum absolute atomic E-state index is 11.2. The molecule has 1 aliphatic heterocycles. The number of nitrogens with one attached hydrogen (secondary N) is 1. The van der Waals surface area contributed by atoms with Crippen LogP contribution >= 0.6 is 0 Å². The van der Waals surface area contributed by atoms with E-state index in [1.807, 2.05) is 0 Å². The van der Waals surface area contributed by atoms with E-state index in [1.54, 1.807) is 0 Å². The maximum Gasteiger partial charge on any atom is 0.119 e. The Balaban J connectivity index is 2.02. The number of likely N-dealkylation sites (tertiary alicyclic amines) is 1. The van der Waals surface area contributed by atoms with Gasteiger partial charge >= 0.3 is 0 Å². The third-order valence-corrected chi connectivity index (χ3v) is 6.60. The van der Waals surface area contributed by atoms with Gasteiger partial charge in [-0.15, -0.1) is 0 Å². The zero-order chi connectivity index (χ0) is 20.5. The van der Waals surface area contributed by atoms with Crippen molar-refractivity contribution >= 4 is 10.1 Å². The Morgan fingerprint density at radius 2 is 1.32 bits per heavy atom.